The highest BCUT2D eigenvalue weighted by atomic mass is 16.5. The Morgan fingerprint density at radius 1 is 1.47 bits per heavy atom. The van der Waals surface area contributed by atoms with Crippen LogP contribution in [0.25, 0.3) is 0 Å². The molecule has 1 N–H and O–H groups in total. The van der Waals surface area contributed by atoms with E-state index < -0.39 is 0 Å². The molecule has 1 aromatic rings. The van der Waals surface area contributed by atoms with Gasteiger partial charge in [-0.1, -0.05) is 11.6 Å². The summed E-state index contributed by atoms with van der Waals surface area (Å²) >= 11 is 0. The van der Waals surface area contributed by atoms with Gasteiger partial charge in [0.1, 0.15) is 0 Å². The van der Waals surface area contributed by atoms with Crippen LogP contribution in [-0.4, -0.2) is 23.9 Å². The maximum Gasteiger partial charge on any atom is 0.211 e. The summed E-state index contributed by atoms with van der Waals surface area (Å²) in [6, 6.07) is 2.24. The second-order valence-corrected chi connectivity index (χ2v) is 4.48. The summed E-state index contributed by atoms with van der Waals surface area (Å²) in [6.07, 6.45) is 7.31. The summed E-state index contributed by atoms with van der Waals surface area (Å²) < 4.78 is 7.04. The van der Waals surface area contributed by atoms with Crippen molar-refractivity contribution in [3.63, 3.8) is 0 Å². The van der Waals surface area contributed by atoms with Crippen molar-refractivity contribution in [2.75, 3.05) is 14.2 Å². The van der Waals surface area contributed by atoms with Crippen molar-refractivity contribution in [1.82, 2.24) is 15.1 Å². The van der Waals surface area contributed by atoms with Crippen LogP contribution < -0.4 is 10.1 Å². The standard InChI is InChI=1S/C13H21N3O/c1-14-13(10-7-5-4-6-8-10)11-9-12(17-3)16(2)15-11/h7,9,13-14H,4-6,8H2,1-3H3. The van der Waals surface area contributed by atoms with Crippen LogP contribution in [0, 0.1) is 0 Å². The quantitative estimate of drug-likeness (QED) is 0.813. The molecule has 0 aromatic carbocycles. The van der Waals surface area contributed by atoms with Crippen molar-refractivity contribution in [1.29, 1.82) is 0 Å². The lowest BCUT2D eigenvalue weighted by Crippen LogP contribution is -2.20. The molecule has 4 nitrogen and oxygen atoms in total. The Labute approximate surface area is 103 Å². The number of allylic oxidation sites excluding steroid dienone is 1. The van der Waals surface area contributed by atoms with Crippen LogP contribution in [0.2, 0.25) is 0 Å². The lowest BCUT2D eigenvalue weighted by atomic mass is 9.92. The zero-order chi connectivity index (χ0) is 12.3. The molecule has 1 atom stereocenters. The summed E-state index contributed by atoms with van der Waals surface area (Å²) in [6.45, 7) is 0. The zero-order valence-electron chi connectivity index (χ0n) is 10.9. The molecule has 2 rings (SSSR count). The minimum absolute atomic E-state index is 0.227. The number of rotatable bonds is 4. The fourth-order valence-corrected chi connectivity index (χ4v) is 2.45. The number of hydrogen-bond donors (Lipinski definition) is 1. The van der Waals surface area contributed by atoms with E-state index in [0.717, 1.165) is 11.6 Å². The van der Waals surface area contributed by atoms with Crippen molar-refractivity contribution in [2.45, 2.75) is 31.7 Å². The monoisotopic (exact) mass is 235 g/mol. The van der Waals surface area contributed by atoms with Crippen LogP contribution >= 0.6 is 0 Å². The minimum atomic E-state index is 0.227. The Morgan fingerprint density at radius 2 is 2.29 bits per heavy atom. The van der Waals surface area contributed by atoms with Crippen molar-refractivity contribution in [3.05, 3.63) is 23.4 Å². The fraction of sp³-hybridized carbons (Fsp3) is 0.615. The molecule has 17 heavy (non-hydrogen) atoms. The van der Waals surface area contributed by atoms with Gasteiger partial charge in [-0.15, -0.1) is 0 Å². The Kier molecular flexibility index (Phi) is 3.84. The second-order valence-electron chi connectivity index (χ2n) is 4.48. The Balaban J connectivity index is 2.24. The lowest BCUT2D eigenvalue weighted by Gasteiger charge is -2.21. The van der Waals surface area contributed by atoms with Gasteiger partial charge in [-0.3, -0.25) is 0 Å². The largest absolute Gasteiger partial charge is 0.481 e. The highest BCUT2D eigenvalue weighted by molar-refractivity contribution is 5.27. The summed E-state index contributed by atoms with van der Waals surface area (Å²) in [7, 11) is 5.57. The van der Waals surface area contributed by atoms with E-state index in [4.69, 9.17) is 4.74 Å². The minimum Gasteiger partial charge on any atom is -0.481 e. The van der Waals surface area contributed by atoms with Crippen LogP contribution in [0.1, 0.15) is 37.4 Å². The maximum atomic E-state index is 5.26. The van der Waals surface area contributed by atoms with Gasteiger partial charge in [-0.25, -0.2) is 4.68 Å². The SMILES string of the molecule is CNC(C1=CCCCC1)c1cc(OC)n(C)n1. The second kappa shape index (κ2) is 5.36. The van der Waals surface area contributed by atoms with Crippen LogP contribution in [0.4, 0.5) is 0 Å². The third-order valence-electron chi connectivity index (χ3n) is 3.35. The average molecular weight is 235 g/mol. The van der Waals surface area contributed by atoms with Gasteiger partial charge in [0, 0.05) is 13.1 Å². The van der Waals surface area contributed by atoms with E-state index in [9.17, 15) is 0 Å². The predicted octanol–water partition coefficient (Wildman–Crippen LogP) is 2.19. The number of ether oxygens (including phenoxy) is 1. The van der Waals surface area contributed by atoms with Gasteiger partial charge in [0.15, 0.2) is 0 Å². The smallest absolute Gasteiger partial charge is 0.211 e. The molecule has 0 bridgehead atoms. The number of nitrogens with zero attached hydrogens (tertiary/aromatic N) is 2. The normalized spacial score (nSPS) is 17.7. The number of likely N-dealkylation sites (N-methyl/N-ethyl adjacent to an activating group) is 1. The molecule has 4 heteroatoms. The highest BCUT2D eigenvalue weighted by Gasteiger charge is 2.20. The molecule has 0 amide bonds. The number of aromatic nitrogens is 2. The van der Waals surface area contributed by atoms with E-state index in [1.165, 1.54) is 31.3 Å². The highest BCUT2D eigenvalue weighted by Crippen LogP contribution is 2.30. The molecule has 0 spiro atoms. The van der Waals surface area contributed by atoms with E-state index >= 15 is 0 Å². The Morgan fingerprint density at radius 3 is 2.82 bits per heavy atom. The first kappa shape index (κ1) is 12.2. The number of nitrogens with one attached hydrogen (secondary N) is 1. The third kappa shape index (κ3) is 2.52. The number of aryl methyl sites for hydroxylation is 1. The lowest BCUT2D eigenvalue weighted by molar-refractivity contribution is 0.373. The summed E-state index contributed by atoms with van der Waals surface area (Å²) in [4.78, 5) is 0. The first-order valence-corrected chi connectivity index (χ1v) is 6.20. The van der Waals surface area contributed by atoms with Gasteiger partial charge in [-0.2, -0.15) is 5.10 Å². The summed E-state index contributed by atoms with van der Waals surface area (Å²) in [5.41, 5.74) is 2.50. The Bertz CT molecular complexity index is 409. The molecule has 1 aliphatic rings. The molecule has 0 radical (unpaired) electrons. The molecule has 1 aliphatic carbocycles. The van der Waals surface area contributed by atoms with E-state index in [2.05, 4.69) is 16.5 Å². The molecule has 0 fully saturated rings. The van der Waals surface area contributed by atoms with Crippen molar-refractivity contribution in [3.8, 4) is 5.88 Å². The van der Waals surface area contributed by atoms with Crippen LogP contribution in [0.15, 0.2) is 17.7 Å². The Hall–Kier alpha value is -1.29. The van der Waals surface area contributed by atoms with Crippen LogP contribution in [0.5, 0.6) is 5.88 Å². The average Bonchev–Trinajstić information content (AvgIpc) is 2.73. The fourth-order valence-electron chi connectivity index (χ4n) is 2.45. The van der Waals surface area contributed by atoms with Gasteiger partial charge in [0.25, 0.3) is 0 Å². The summed E-state index contributed by atoms with van der Waals surface area (Å²) in [5.74, 6) is 0.802. The molecule has 0 saturated heterocycles. The van der Waals surface area contributed by atoms with Crippen LogP contribution in [-0.2, 0) is 7.05 Å². The number of methoxy groups -OCH3 is 1. The van der Waals surface area contributed by atoms with Crippen LogP contribution in [0.3, 0.4) is 0 Å². The van der Waals surface area contributed by atoms with Gasteiger partial charge in [-0.05, 0) is 32.7 Å². The van der Waals surface area contributed by atoms with Crippen molar-refractivity contribution >= 4 is 0 Å². The molecule has 0 aliphatic heterocycles. The third-order valence-corrected chi connectivity index (χ3v) is 3.35. The molecule has 1 unspecified atom stereocenters. The molecular formula is C13H21N3O. The van der Waals surface area contributed by atoms with Crippen molar-refractivity contribution in [2.24, 2.45) is 7.05 Å². The molecule has 0 saturated carbocycles. The van der Waals surface area contributed by atoms with Gasteiger partial charge in [0.05, 0.1) is 18.8 Å². The summed E-state index contributed by atoms with van der Waals surface area (Å²) in [5, 5.41) is 7.87. The maximum absolute atomic E-state index is 5.26. The van der Waals surface area contributed by atoms with E-state index in [1.54, 1.807) is 11.8 Å². The van der Waals surface area contributed by atoms with E-state index in [0.29, 0.717) is 0 Å². The zero-order valence-corrected chi connectivity index (χ0v) is 10.9. The van der Waals surface area contributed by atoms with Gasteiger partial charge >= 0.3 is 0 Å². The van der Waals surface area contributed by atoms with Gasteiger partial charge in [0.2, 0.25) is 5.88 Å². The van der Waals surface area contributed by atoms with Crippen molar-refractivity contribution < 1.29 is 4.74 Å². The van der Waals surface area contributed by atoms with Gasteiger partial charge < -0.3 is 10.1 Å². The first-order chi connectivity index (χ1) is 8.26. The van der Waals surface area contributed by atoms with E-state index in [1.807, 2.05) is 20.2 Å². The molecular weight excluding hydrogens is 214 g/mol. The number of hydrogen-bond acceptors (Lipinski definition) is 3. The molecule has 1 aromatic heterocycles. The molecule has 1 heterocycles. The predicted molar refractivity (Wildman–Crippen MR) is 68.1 cm³/mol. The van der Waals surface area contributed by atoms with E-state index in [-0.39, 0.29) is 6.04 Å². The topological polar surface area (TPSA) is 39.1 Å². The first-order valence-electron chi connectivity index (χ1n) is 6.20. The molecule has 94 valence electrons.